The molecule has 0 saturated heterocycles. The number of rotatable bonds is 4. The minimum atomic E-state index is -0.394. The topological polar surface area (TPSA) is 77.1 Å². The highest BCUT2D eigenvalue weighted by Gasteiger charge is 2.18. The standard InChI is InChI=1S/C11H12BrN5O2/c1-15(6-11-13-7-14-16(11)2)10-5-8(12)3-4-9(10)17(18)19/h3-5,7H,6H2,1-2H3. The van der Waals surface area contributed by atoms with Crippen molar-refractivity contribution in [3.63, 3.8) is 0 Å². The normalized spacial score (nSPS) is 10.5. The maximum Gasteiger partial charge on any atom is 0.292 e. The number of nitro benzene ring substituents is 1. The van der Waals surface area contributed by atoms with Gasteiger partial charge in [-0.3, -0.25) is 14.8 Å². The fourth-order valence-electron chi connectivity index (χ4n) is 1.72. The highest BCUT2D eigenvalue weighted by Crippen LogP contribution is 2.31. The molecule has 0 atom stereocenters. The molecule has 0 aliphatic carbocycles. The van der Waals surface area contributed by atoms with Crippen molar-refractivity contribution >= 4 is 27.3 Å². The van der Waals surface area contributed by atoms with Crippen LogP contribution in [0, 0.1) is 10.1 Å². The Labute approximate surface area is 118 Å². The second-order valence-electron chi connectivity index (χ2n) is 4.05. The van der Waals surface area contributed by atoms with E-state index in [0.29, 0.717) is 12.2 Å². The molecule has 0 saturated carbocycles. The summed E-state index contributed by atoms with van der Waals surface area (Å²) in [6.07, 6.45) is 1.46. The molecule has 1 aromatic heterocycles. The summed E-state index contributed by atoms with van der Waals surface area (Å²) >= 11 is 3.32. The first-order valence-electron chi connectivity index (χ1n) is 5.47. The van der Waals surface area contributed by atoms with Crippen molar-refractivity contribution in [2.75, 3.05) is 11.9 Å². The van der Waals surface area contributed by atoms with Crippen LogP contribution in [-0.4, -0.2) is 26.7 Å². The van der Waals surface area contributed by atoms with Gasteiger partial charge in [0.15, 0.2) is 0 Å². The van der Waals surface area contributed by atoms with Crippen LogP contribution in [0.4, 0.5) is 11.4 Å². The van der Waals surface area contributed by atoms with Gasteiger partial charge >= 0.3 is 0 Å². The van der Waals surface area contributed by atoms with Crippen molar-refractivity contribution in [1.82, 2.24) is 14.8 Å². The molecule has 0 radical (unpaired) electrons. The molecule has 0 unspecified atom stereocenters. The third-order valence-corrected chi connectivity index (χ3v) is 3.22. The highest BCUT2D eigenvalue weighted by molar-refractivity contribution is 9.10. The van der Waals surface area contributed by atoms with E-state index in [4.69, 9.17) is 0 Å². The van der Waals surface area contributed by atoms with Gasteiger partial charge in [-0.2, -0.15) is 5.10 Å². The van der Waals surface area contributed by atoms with Crippen molar-refractivity contribution < 1.29 is 4.92 Å². The highest BCUT2D eigenvalue weighted by atomic mass is 79.9. The zero-order valence-corrected chi connectivity index (χ0v) is 12.0. The lowest BCUT2D eigenvalue weighted by Gasteiger charge is -2.18. The number of hydrogen-bond acceptors (Lipinski definition) is 5. The number of halogens is 1. The average Bonchev–Trinajstić information content (AvgIpc) is 2.74. The fraction of sp³-hybridized carbons (Fsp3) is 0.273. The SMILES string of the molecule is CN(Cc1ncnn1C)c1cc(Br)ccc1[N+](=O)[O-]. The van der Waals surface area contributed by atoms with E-state index in [2.05, 4.69) is 26.0 Å². The van der Waals surface area contributed by atoms with Crippen LogP contribution in [0.15, 0.2) is 29.0 Å². The molecule has 7 nitrogen and oxygen atoms in total. The third-order valence-electron chi connectivity index (χ3n) is 2.73. The van der Waals surface area contributed by atoms with Crippen LogP contribution in [0.5, 0.6) is 0 Å². The van der Waals surface area contributed by atoms with Crippen molar-refractivity contribution in [2.24, 2.45) is 7.05 Å². The predicted octanol–water partition coefficient (Wildman–Crippen LogP) is 2.12. The molecule has 2 aromatic rings. The molecule has 0 aliphatic heterocycles. The molecule has 19 heavy (non-hydrogen) atoms. The Balaban J connectivity index is 2.32. The van der Waals surface area contributed by atoms with Crippen LogP contribution in [0.1, 0.15) is 5.82 Å². The number of hydrogen-bond donors (Lipinski definition) is 0. The van der Waals surface area contributed by atoms with Gasteiger partial charge in [-0.25, -0.2) is 4.98 Å². The van der Waals surface area contributed by atoms with E-state index in [1.165, 1.54) is 12.4 Å². The molecule has 0 fully saturated rings. The van der Waals surface area contributed by atoms with Gasteiger partial charge in [0.1, 0.15) is 17.8 Å². The van der Waals surface area contributed by atoms with Gasteiger partial charge in [0, 0.05) is 24.6 Å². The van der Waals surface area contributed by atoms with E-state index >= 15 is 0 Å². The van der Waals surface area contributed by atoms with Gasteiger partial charge in [0.25, 0.3) is 5.69 Å². The second-order valence-corrected chi connectivity index (χ2v) is 4.96. The summed E-state index contributed by atoms with van der Waals surface area (Å²) in [4.78, 5) is 16.5. The molecule has 0 amide bonds. The molecular weight excluding hydrogens is 314 g/mol. The van der Waals surface area contributed by atoms with Gasteiger partial charge in [-0.1, -0.05) is 15.9 Å². The number of aromatic nitrogens is 3. The van der Waals surface area contributed by atoms with Crippen molar-refractivity contribution in [2.45, 2.75) is 6.54 Å². The summed E-state index contributed by atoms with van der Waals surface area (Å²) in [5, 5.41) is 15.0. The number of nitro groups is 1. The lowest BCUT2D eigenvalue weighted by atomic mass is 10.2. The monoisotopic (exact) mass is 325 g/mol. The van der Waals surface area contributed by atoms with E-state index in [-0.39, 0.29) is 5.69 Å². The number of aryl methyl sites for hydroxylation is 1. The van der Waals surface area contributed by atoms with Crippen molar-refractivity contribution in [1.29, 1.82) is 0 Å². The maximum absolute atomic E-state index is 11.0. The van der Waals surface area contributed by atoms with E-state index in [1.54, 1.807) is 35.8 Å². The average molecular weight is 326 g/mol. The van der Waals surface area contributed by atoms with Crippen LogP contribution in [0.25, 0.3) is 0 Å². The lowest BCUT2D eigenvalue weighted by molar-refractivity contribution is -0.384. The molecule has 0 spiro atoms. The molecule has 100 valence electrons. The van der Waals surface area contributed by atoms with Crippen LogP contribution >= 0.6 is 15.9 Å². The maximum atomic E-state index is 11.0. The summed E-state index contributed by atoms with van der Waals surface area (Å²) in [6.45, 7) is 0.438. The molecule has 1 heterocycles. The smallest absolute Gasteiger partial charge is 0.292 e. The Morgan fingerprint density at radius 3 is 2.84 bits per heavy atom. The molecule has 2 rings (SSSR count). The lowest BCUT2D eigenvalue weighted by Crippen LogP contribution is -2.20. The Morgan fingerprint density at radius 1 is 1.53 bits per heavy atom. The van der Waals surface area contributed by atoms with Crippen LogP contribution in [0.3, 0.4) is 0 Å². The van der Waals surface area contributed by atoms with Crippen LogP contribution in [-0.2, 0) is 13.6 Å². The van der Waals surface area contributed by atoms with E-state index in [1.807, 2.05) is 0 Å². The third kappa shape index (κ3) is 2.90. The number of anilines is 1. The molecule has 8 heteroatoms. The molecule has 0 aliphatic rings. The molecule has 1 aromatic carbocycles. The van der Waals surface area contributed by atoms with Gasteiger partial charge in [-0.05, 0) is 12.1 Å². The van der Waals surface area contributed by atoms with E-state index in [9.17, 15) is 10.1 Å². The van der Waals surface area contributed by atoms with E-state index in [0.717, 1.165) is 10.3 Å². The minimum Gasteiger partial charge on any atom is -0.361 e. The summed E-state index contributed by atoms with van der Waals surface area (Å²) in [6, 6.07) is 4.85. The molecule has 0 N–H and O–H groups in total. The zero-order chi connectivity index (χ0) is 14.0. The van der Waals surface area contributed by atoms with Crippen LogP contribution < -0.4 is 4.90 Å². The summed E-state index contributed by atoms with van der Waals surface area (Å²) in [7, 11) is 3.56. The Hall–Kier alpha value is -1.96. The quantitative estimate of drug-likeness (QED) is 0.635. The predicted molar refractivity (Wildman–Crippen MR) is 73.9 cm³/mol. The summed E-state index contributed by atoms with van der Waals surface area (Å²) < 4.78 is 2.43. The fourth-order valence-corrected chi connectivity index (χ4v) is 2.07. The molecular formula is C11H12BrN5O2. The van der Waals surface area contributed by atoms with Gasteiger partial charge < -0.3 is 4.90 Å². The largest absolute Gasteiger partial charge is 0.361 e. The Bertz CT molecular complexity index is 613. The van der Waals surface area contributed by atoms with Crippen molar-refractivity contribution in [3.05, 3.63) is 44.9 Å². The molecule has 0 bridgehead atoms. The summed E-state index contributed by atoms with van der Waals surface area (Å²) in [5.74, 6) is 0.733. The zero-order valence-electron chi connectivity index (χ0n) is 10.4. The van der Waals surface area contributed by atoms with Crippen LogP contribution in [0.2, 0.25) is 0 Å². The van der Waals surface area contributed by atoms with Gasteiger partial charge in [0.05, 0.1) is 11.5 Å². The van der Waals surface area contributed by atoms with Gasteiger partial charge in [0.2, 0.25) is 0 Å². The van der Waals surface area contributed by atoms with Gasteiger partial charge in [-0.15, -0.1) is 0 Å². The number of benzene rings is 1. The minimum absolute atomic E-state index is 0.0628. The Morgan fingerprint density at radius 2 is 2.26 bits per heavy atom. The first-order valence-corrected chi connectivity index (χ1v) is 6.26. The number of nitrogens with zero attached hydrogens (tertiary/aromatic N) is 5. The van der Waals surface area contributed by atoms with E-state index < -0.39 is 4.92 Å². The Kier molecular flexibility index (Phi) is 3.79. The summed E-state index contributed by atoms with van der Waals surface area (Å²) in [5.41, 5.74) is 0.593. The second kappa shape index (κ2) is 5.35. The first kappa shape index (κ1) is 13.5. The van der Waals surface area contributed by atoms with Crippen molar-refractivity contribution in [3.8, 4) is 0 Å². The first-order chi connectivity index (χ1) is 8.99.